The molecule has 0 aromatic heterocycles. The number of hydrogen-bond acceptors (Lipinski definition) is 4. The fourth-order valence-corrected chi connectivity index (χ4v) is 2.58. The molecule has 0 spiro atoms. The standard InChI is InChI=1S/C12H27N3O2S2.HI/c1-4-13-12(14-8-5-6-10-18-2)15-9-7-11-19(3,16)17;/h4-11H2,1-3H3,(H2,13,14,15);1H. The Morgan fingerprint density at radius 1 is 1.20 bits per heavy atom. The molecule has 0 unspecified atom stereocenters. The third-order valence-corrected chi connectivity index (χ3v) is 4.08. The van der Waals surface area contributed by atoms with Gasteiger partial charge < -0.3 is 10.6 Å². The second-order valence-corrected chi connectivity index (χ2v) is 7.62. The van der Waals surface area contributed by atoms with E-state index < -0.39 is 9.84 Å². The van der Waals surface area contributed by atoms with Crippen molar-refractivity contribution in [3.8, 4) is 0 Å². The Morgan fingerprint density at radius 2 is 1.90 bits per heavy atom. The molecule has 0 heterocycles. The molecule has 122 valence electrons. The number of thioether (sulfide) groups is 1. The normalized spacial score (nSPS) is 11.8. The number of nitrogens with one attached hydrogen (secondary N) is 2. The van der Waals surface area contributed by atoms with Crippen LogP contribution in [0.4, 0.5) is 0 Å². The van der Waals surface area contributed by atoms with Crippen LogP contribution in [0, 0.1) is 0 Å². The average molecular weight is 437 g/mol. The first kappa shape index (κ1) is 22.6. The van der Waals surface area contributed by atoms with Crippen LogP contribution >= 0.6 is 35.7 Å². The van der Waals surface area contributed by atoms with E-state index in [2.05, 4.69) is 21.9 Å². The second-order valence-electron chi connectivity index (χ2n) is 4.37. The van der Waals surface area contributed by atoms with Crippen LogP contribution in [0.15, 0.2) is 4.99 Å². The maximum Gasteiger partial charge on any atom is 0.191 e. The topological polar surface area (TPSA) is 70.6 Å². The van der Waals surface area contributed by atoms with Gasteiger partial charge in [0.05, 0.1) is 5.75 Å². The van der Waals surface area contributed by atoms with Gasteiger partial charge in [-0.2, -0.15) is 11.8 Å². The lowest BCUT2D eigenvalue weighted by atomic mass is 10.3. The van der Waals surface area contributed by atoms with Crippen molar-refractivity contribution in [3.05, 3.63) is 0 Å². The molecule has 2 N–H and O–H groups in total. The molecule has 0 fully saturated rings. The van der Waals surface area contributed by atoms with Gasteiger partial charge in [-0.25, -0.2) is 8.42 Å². The zero-order valence-corrected chi connectivity index (χ0v) is 16.6. The number of guanidine groups is 1. The van der Waals surface area contributed by atoms with Crippen LogP contribution in [-0.4, -0.2) is 58.0 Å². The first-order valence-electron chi connectivity index (χ1n) is 6.68. The molecule has 0 amide bonds. The third-order valence-electron chi connectivity index (χ3n) is 2.36. The van der Waals surface area contributed by atoms with E-state index in [0.717, 1.165) is 25.5 Å². The Labute approximate surface area is 145 Å². The maximum atomic E-state index is 11.0. The summed E-state index contributed by atoms with van der Waals surface area (Å²) < 4.78 is 22.0. The summed E-state index contributed by atoms with van der Waals surface area (Å²) in [6.07, 6.45) is 6.25. The highest BCUT2D eigenvalue weighted by Gasteiger charge is 2.01. The maximum absolute atomic E-state index is 11.0. The van der Waals surface area contributed by atoms with Crippen LogP contribution < -0.4 is 10.6 Å². The van der Waals surface area contributed by atoms with E-state index in [0.29, 0.717) is 13.0 Å². The lowest BCUT2D eigenvalue weighted by molar-refractivity contribution is 0.599. The highest BCUT2D eigenvalue weighted by molar-refractivity contribution is 14.0. The van der Waals surface area contributed by atoms with Gasteiger partial charge in [0, 0.05) is 25.9 Å². The molecule has 0 aliphatic rings. The fourth-order valence-electron chi connectivity index (χ4n) is 1.44. The van der Waals surface area contributed by atoms with Crippen molar-refractivity contribution in [3.63, 3.8) is 0 Å². The molecule has 0 radical (unpaired) electrons. The van der Waals surface area contributed by atoms with Crippen molar-refractivity contribution in [2.75, 3.05) is 43.7 Å². The summed E-state index contributed by atoms with van der Waals surface area (Å²) in [6, 6.07) is 0. The summed E-state index contributed by atoms with van der Waals surface area (Å²) in [4.78, 5) is 4.36. The van der Waals surface area contributed by atoms with Crippen molar-refractivity contribution in [2.24, 2.45) is 4.99 Å². The molecule has 20 heavy (non-hydrogen) atoms. The lowest BCUT2D eigenvalue weighted by Crippen LogP contribution is -2.38. The highest BCUT2D eigenvalue weighted by atomic mass is 127. The van der Waals surface area contributed by atoms with Crippen LogP contribution in [0.3, 0.4) is 0 Å². The molecular weight excluding hydrogens is 409 g/mol. The predicted molar refractivity (Wildman–Crippen MR) is 101 cm³/mol. The Kier molecular flexibility index (Phi) is 16.1. The molecular formula is C12H28IN3O2S2. The Balaban J connectivity index is 0. The van der Waals surface area contributed by atoms with E-state index in [4.69, 9.17) is 0 Å². The molecule has 0 aromatic rings. The minimum atomic E-state index is -2.87. The van der Waals surface area contributed by atoms with Gasteiger partial charge in [0.25, 0.3) is 0 Å². The molecule has 0 aliphatic carbocycles. The van der Waals surface area contributed by atoms with Crippen LogP contribution in [-0.2, 0) is 9.84 Å². The van der Waals surface area contributed by atoms with Crippen molar-refractivity contribution in [2.45, 2.75) is 26.2 Å². The number of nitrogens with zero attached hydrogens (tertiary/aromatic N) is 1. The van der Waals surface area contributed by atoms with E-state index in [-0.39, 0.29) is 29.7 Å². The molecule has 0 rings (SSSR count). The van der Waals surface area contributed by atoms with E-state index in [1.807, 2.05) is 18.7 Å². The fraction of sp³-hybridized carbons (Fsp3) is 0.917. The molecule has 0 atom stereocenters. The molecule has 0 aliphatic heterocycles. The first-order chi connectivity index (χ1) is 8.99. The molecule has 0 saturated heterocycles. The van der Waals surface area contributed by atoms with Gasteiger partial charge in [-0.05, 0) is 38.2 Å². The molecule has 5 nitrogen and oxygen atoms in total. The lowest BCUT2D eigenvalue weighted by Gasteiger charge is -2.10. The zero-order chi connectivity index (χ0) is 14.6. The van der Waals surface area contributed by atoms with Crippen molar-refractivity contribution < 1.29 is 8.42 Å². The summed E-state index contributed by atoms with van der Waals surface area (Å²) in [6.45, 7) is 4.26. The van der Waals surface area contributed by atoms with Gasteiger partial charge in [0.1, 0.15) is 9.84 Å². The monoisotopic (exact) mass is 437 g/mol. The largest absolute Gasteiger partial charge is 0.357 e. The smallest absolute Gasteiger partial charge is 0.191 e. The van der Waals surface area contributed by atoms with E-state index >= 15 is 0 Å². The predicted octanol–water partition coefficient (Wildman–Crippen LogP) is 1.74. The van der Waals surface area contributed by atoms with Gasteiger partial charge in [0.2, 0.25) is 0 Å². The summed E-state index contributed by atoms with van der Waals surface area (Å²) in [5.74, 6) is 2.16. The van der Waals surface area contributed by atoms with Crippen LogP contribution in [0.1, 0.15) is 26.2 Å². The van der Waals surface area contributed by atoms with Gasteiger partial charge in [-0.3, -0.25) is 4.99 Å². The highest BCUT2D eigenvalue weighted by Crippen LogP contribution is 1.97. The quantitative estimate of drug-likeness (QED) is 0.236. The van der Waals surface area contributed by atoms with E-state index in [9.17, 15) is 8.42 Å². The second kappa shape index (κ2) is 14.2. The van der Waals surface area contributed by atoms with Crippen molar-refractivity contribution >= 4 is 51.5 Å². The summed E-state index contributed by atoms with van der Waals surface area (Å²) >= 11 is 1.86. The third kappa shape index (κ3) is 16.4. The van der Waals surface area contributed by atoms with Gasteiger partial charge in [-0.1, -0.05) is 0 Å². The van der Waals surface area contributed by atoms with Gasteiger partial charge in [0.15, 0.2) is 5.96 Å². The average Bonchev–Trinajstić information content (AvgIpc) is 2.33. The van der Waals surface area contributed by atoms with Crippen LogP contribution in [0.5, 0.6) is 0 Å². The summed E-state index contributed by atoms with van der Waals surface area (Å²) in [5.41, 5.74) is 0. The van der Waals surface area contributed by atoms with Crippen molar-refractivity contribution in [1.82, 2.24) is 10.6 Å². The summed E-state index contributed by atoms with van der Waals surface area (Å²) in [5, 5.41) is 6.41. The SMILES string of the molecule is CCNC(=NCCCS(C)(=O)=O)NCCCCSC.I. The van der Waals surface area contributed by atoms with Crippen molar-refractivity contribution in [1.29, 1.82) is 0 Å². The number of hydrogen-bond donors (Lipinski definition) is 2. The zero-order valence-electron chi connectivity index (χ0n) is 12.6. The van der Waals surface area contributed by atoms with Crippen LogP contribution in [0.25, 0.3) is 0 Å². The number of aliphatic imine (C=N–C) groups is 1. The first-order valence-corrected chi connectivity index (χ1v) is 10.1. The Bertz CT molecular complexity index is 349. The molecule has 0 bridgehead atoms. The summed E-state index contributed by atoms with van der Waals surface area (Å²) in [7, 11) is -2.87. The minimum Gasteiger partial charge on any atom is -0.357 e. The number of sulfone groups is 1. The number of unbranched alkanes of at least 4 members (excludes halogenated alkanes) is 1. The van der Waals surface area contributed by atoms with E-state index in [1.165, 1.54) is 18.4 Å². The van der Waals surface area contributed by atoms with Gasteiger partial charge in [-0.15, -0.1) is 24.0 Å². The molecule has 0 saturated carbocycles. The Hall–Kier alpha value is 0.300. The molecule has 0 aromatic carbocycles. The van der Waals surface area contributed by atoms with E-state index in [1.54, 1.807) is 0 Å². The number of rotatable bonds is 10. The minimum absolute atomic E-state index is 0. The van der Waals surface area contributed by atoms with Crippen LogP contribution in [0.2, 0.25) is 0 Å². The Morgan fingerprint density at radius 3 is 2.45 bits per heavy atom. The molecule has 8 heteroatoms. The number of halogens is 1. The van der Waals surface area contributed by atoms with Gasteiger partial charge >= 0.3 is 0 Å².